The number of hydrogen-bond donors (Lipinski definition) is 1. The average Bonchev–Trinajstić information content (AvgIpc) is 2.78. The Labute approximate surface area is 177 Å². The lowest BCUT2D eigenvalue weighted by atomic mass is 10.1. The number of amides is 1. The van der Waals surface area contributed by atoms with E-state index in [1.807, 2.05) is 36.4 Å². The summed E-state index contributed by atoms with van der Waals surface area (Å²) in [4.78, 5) is 17.2. The van der Waals surface area contributed by atoms with Crippen LogP contribution in [-0.2, 0) is 13.1 Å². The number of ether oxygens (including phenoxy) is 1. The van der Waals surface area contributed by atoms with Gasteiger partial charge in [0, 0.05) is 45.0 Å². The Kier molecular flexibility index (Phi) is 6.75. The molecule has 1 saturated heterocycles. The molecule has 0 bridgehead atoms. The summed E-state index contributed by atoms with van der Waals surface area (Å²) in [7, 11) is 0. The lowest BCUT2D eigenvalue weighted by molar-refractivity contribution is 0.122. The summed E-state index contributed by atoms with van der Waals surface area (Å²) < 4.78 is 5.36. The third-order valence-corrected chi connectivity index (χ3v) is 5.32. The molecule has 1 heterocycles. The van der Waals surface area contributed by atoms with Crippen molar-refractivity contribution in [1.29, 1.82) is 0 Å². The van der Waals surface area contributed by atoms with Gasteiger partial charge in [-0.25, -0.2) is 4.79 Å². The first kappa shape index (κ1) is 20.1. The van der Waals surface area contributed by atoms with Gasteiger partial charge in [-0.1, -0.05) is 66.7 Å². The fourth-order valence-electron chi connectivity index (χ4n) is 3.70. The highest BCUT2D eigenvalue weighted by Crippen LogP contribution is 2.20. The molecule has 0 atom stereocenters. The molecule has 0 aromatic heterocycles. The van der Waals surface area contributed by atoms with Gasteiger partial charge in [-0.2, -0.15) is 0 Å². The van der Waals surface area contributed by atoms with E-state index >= 15 is 0 Å². The molecule has 5 nitrogen and oxygen atoms in total. The van der Waals surface area contributed by atoms with E-state index in [2.05, 4.69) is 51.5 Å². The van der Waals surface area contributed by atoms with Crippen LogP contribution in [0.25, 0.3) is 0 Å². The van der Waals surface area contributed by atoms with Crippen molar-refractivity contribution in [2.24, 2.45) is 0 Å². The lowest BCUT2D eigenvalue weighted by Gasteiger charge is -2.35. The Morgan fingerprint density at radius 3 is 2.00 bits per heavy atom. The minimum absolute atomic E-state index is 0.471. The molecular weight excluding hydrogens is 374 g/mol. The minimum Gasteiger partial charge on any atom is -0.410 e. The zero-order chi connectivity index (χ0) is 20.6. The summed E-state index contributed by atoms with van der Waals surface area (Å²) in [6, 6.07) is 27.6. The van der Waals surface area contributed by atoms with Crippen LogP contribution in [0.2, 0.25) is 0 Å². The summed E-state index contributed by atoms with van der Waals surface area (Å²) in [5.74, 6) is 0.530. The Bertz CT molecular complexity index is 939. The molecule has 4 rings (SSSR count). The molecule has 1 aliphatic rings. The van der Waals surface area contributed by atoms with Crippen LogP contribution in [0.15, 0.2) is 84.9 Å². The summed E-state index contributed by atoms with van der Waals surface area (Å²) >= 11 is 0. The molecule has 1 fully saturated rings. The Morgan fingerprint density at radius 2 is 1.30 bits per heavy atom. The monoisotopic (exact) mass is 401 g/mol. The average molecular weight is 402 g/mol. The summed E-state index contributed by atoms with van der Waals surface area (Å²) in [6.07, 6.45) is -0.471. The first-order valence-corrected chi connectivity index (χ1v) is 10.4. The number of rotatable bonds is 6. The van der Waals surface area contributed by atoms with Crippen LogP contribution >= 0.6 is 0 Å². The van der Waals surface area contributed by atoms with Crippen molar-refractivity contribution in [2.75, 3.05) is 31.5 Å². The van der Waals surface area contributed by atoms with E-state index in [0.29, 0.717) is 5.75 Å². The number of para-hydroxylation sites is 2. The molecule has 0 saturated carbocycles. The normalized spacial score (nSPS) is 14.9. The molecule has 154 valence electrons. The Hall–Kier alpha value is -3.15. The fourth-order valence-corrected chi connectivity index (χ4v) is 3.70. The zero-order valence-corrected chi connectivity index (χ0v) is 17.0. The van der Waals surface area contributed by atoms with Gasteiger partial charge in [0.1, 0.15) is 5.75 Å². The molecule has 1 N–H and O–H groups in total. The number of benzene rings is 3. The first-order valence-electron chi connectivity index (χ1n) is 10.4. The maximum absolute atomic E-state index is 12.3. The van der Waals surface area contributed by atoms with Crippen molar-refractivity contribution in [1.82, 2.24) is 9.80 Å². The molecule has 0 spiro atoms. The largest absolute Gasteiger partial charge is 0.417 e. The van der Waals surface area contributed by atoms with Crippen molar-refractivity contribution >= 4 is 11.8 Å². The highest BCUT2D eigenvalue weighted by molar-refractivity contribution is 5.87. The number of nitrogens with zero attached hydrogens (tertiary/aromatic N) is 2. The summed E-state index contributed by atoms with van der Waals surface area (Å²) in [5, 5.41) is 2.89. The third kappa shape index (κ3) is 5.69. The smallest absolute Gasteiger partial charge is 0.410 e. The molecule has 0 unspecified atom stereocenters. The second kappa shape index (κ2) is 10.1. The van der Waals surface area contributed by atoms with Gasteiger partial charge in [0.15, 0.2) is 0 Å². The standard InChI is InChI=1S/C25H27N3O2/c29-25(30-23-12-5-2-6-13-23)26-24-14-8-7-11-22(24)20-28-17-15-27(16-18-28)19-21-9-3-1-4-10-21/h1-14H,15-20H2,(H,26,29). The maximum atomic E-state index is 12.3. The van der Waals surface area contributed by atoms with Crippen molar-refractivity contribution in [3.8, 4) is 5.75 Å². The number of anilines is 1. The van der Waals surface area contributed by atoms with E-state index in [4.69, 9.17) is 4.74 Å². The van der Waals surface area contributed by atoms with E-state index in [9.17, 15) is 4.79 Å². The van der Waals surface area contributed by atoms with Gasteiger partial charge in [-0.3, -0.25) is 15.1 Å². The second-order valence-corrected chi connectivity index (χ2v) is 7.52. The Morgan fingerprint density at radius 1 is 0.733 bits per heavy atom. The molecule has 0 radical (unpaired) electrons. The van der Waals surface area contributed by atoms with Gasteiger partial charge in [0.05, 0.1) is 0 Å². The van der Waals surface area contributed by atoms with Gasteiger partial charge >= 0.3 is 6.09 Å². The van der Waals surface area contributed by atoms with Crippen molar-refractivity contribution in [3.05, 3.63) is 96.1 Å². The van der Waals surface area contributed by atoms with Gasteiger partial charge in [0.2, 0.25) is 0 Å². The molecule has 1 amide bonds. The molecular formula is C25H27N3O2. The SMILES string of the molecule is O=C(Nc1ccccc1CN1CCN(Cc2ccccc2)CC1)Oc1ccccc1. The molecule has 3 aromatic carbocycles. The maximum Gasteiger partial charge on any atom is 0.417 e. The molecule has 30 heavy (non-hydrogen) atoms. The number of hydrogen-bond acceptors (Lipinski definition) is 4. The quantitative estimate of drug-likeness (QED) is 0.655. The topological polar surface area (TPSA) is 44.8 Å². The highest BCUT2D eigenvalue weighted by atomic mass is 16.6. The van der Waals surface area contributed by atoms with E-state index in [0.717, 1.165) is 50.5 Å². The van der Waals surface area contributed by atoms with Crippen LogP contribution in [0, 0.1) is 0 Å². The van der Waals surface area contributed by atoms with Crippen LogP contribution in [-0.4, -0.2) is 42.1 Å². The lowest BCUT2D eigenvalue weighted by Crippen LogP contribution is -2.45. The van der Waals surface area contributed by atoms with Crippen LogP contribution in [0.1, 0.15) is 11.1 Å². The van der Waals surface area contributed by atoms with E-state index < -0.39 is 6.09 Å². The van der Waals surface area contributed by atoms with Crippen molar-refractivity contribution in [2.45, 2.75) is 13.1 Å². The van der Waals surface area contributed by atoms with Gasteiger partial charge in [-0.15, -0.1) is 0 Å². The van der Waals surface area contributed by atoms with Crippen molar-refractivity contribution < 1.29 is 9.53 Å². The highest BCUT2D eigenvalue weighted by Gasteiger charge is 2.18. The van der Waals surface area contributed by atoms with Gasteiger partial charge in [-0.05, 0) is 29.3 Å². The van der Waals surface area contributed by atoms with Gasteiger partial charge < -0.3 is 4.74 Å². The number of nitrogens with one attached hydrogen (secondary N) is 1. The second-order valence-electron chi connectivity index (χ2n) is 7.52. The predicted molar refractivity (Wildman–Crippen MR) is 120 cm³/mol. The molecule has 5 heteroatoms. The predicted octanol–water partition coefficient (Wildman–Crippen LogP) is 4.62. The summed E-state index contributed by atoms with van der Waals surface area (Å²) in [5.41, 5.74) is 3.25. The number of carbonyl (C=O) groups is 1. The number of piperazine rings is 1. The van der Waals surface area contributed by atoms with E-state index in [-0.39, 0.29) is 0 Å². The summed E-state index contributed by atoms with van der Waals surface area (Å²) in [6.45, 7) is 5.91. The zero-order valence-electron chi connectivity index (χ0n) is 17.0. The van der Waals surface area contributed by atoms with Crippen LogP contribution in [0.4, 0.5) is 10.5 Å². The molecule has 3 aromatic rings. The molecule has 0 aliphatic carbocycles. The van der Waals surface area contributed by atoms with Gasteiger partial charge in [0.25, 0.3) is 0 Å². The fraction of sp³-hybridized carbons (Fsp3) is 0.240. The van der Waals surface area contributed by atoms with Crippen molar-refractivity contribution in [3.63, 3.8) is 0 Å². The van der Waals surface area contributed by atoms with Crippen LogP contribution in [0.5, 0.6) is 5.75 Å². The minimum atomic E-state index is -0.471. The number of carbonyl (C=O) groups excluding carboxylic acids is 1. The molecule has 1 aliphatic heterocycles. The first-order chi connectivity index (χ1) is 14.8. The van der Waals surface area contributed by atoms with E-state index in [1.54, 1.807) is 12.1 Å². The van der Waals surface area contributed by atoms with E-state index in [1.165, 1.54) is 5.56 Å². The van der Waals surface area contributed by atoms with Crippen LogP contribution < -0.4 is 10.1 Å². The van der Waals surface area contributed by atoms with Crippen LogP contribution in [0.3, 0.4) is 0 Å². The third-order valence-electron chi connectivity index (χ3n) is 5.32. The Balaban J connectivity index is 1.30.